The van der Waals surface area contributed by atoms with Crippen molar-refractivity contribution in [1.29, 1.82) is 0 Å². The number of alkyl halides is 3. The molecule has 3 N–H and O–H groups in total. The number of nitrogens with one attached hydrogen (secondary N) is 1. The van der Waals surface area contributed by atoms with Gasteiger partial charge in [-0.1, -0.05) is 47.1 Å². The molecule has 0 aliphatic carbocycles. The Bertz CT molecular complexity index is 1010. The maximum atomic E-state index is 13.2. The van der Waals surface area contributed by atoms with Crippen LogP contribution in [0.2, 0.25) is 5.15 Å². The van der Waals surface area contributed by atoms with Crippen LogP contribution < -0.4 is 11.1 Å². The van der Waals surface area contributed by atoms with Crippen LogP contribution in [0.1, 0.15) is 21.5 Å². The minimum atomic E-state index is -4.47. The van der Waals surface area contributed by atoms with Gasteiger partial charge in [0, 0.05) is 30.8 Å². The Morgan fingerprint density at radius 3 is 2.43 bits per heavy atom. The van der Waals surface area contributed by atoms with Crippen LogP contribution in [0.4, 0.5) is 13.2 Å². The molecule has 6 nitrogen and oxygen atoms in total. The first kappa shape index (κ1) is 21.8. The average Bonchev–Trinajstić information content (AvgIpc) is 3.05. The van der Waals surface area contributed by atoms with Crippen LogP contribution in [-0.4, -0.2) is 33.5 Å². The van der Waals surface area contributed by atoms with Crippen LogP contribution in [0.5, 0.6) is 0 Å². The van der Waals surface area contributed by atoms with Crippen LogP contribution >= 0.6 is 11.6 Å². The Morgan fingerprint density at radius 1 is 1.20 bits per heavy atom. The molecule has 0 fully saturated rings. The molecule has 1 amide bonds. The molecule has 0 saturated heterocycles. The third-order valence-electron chi connectivity index (χ3n) is 4.62. The molecule has 3 aromatic rings. The summed E-state index contributed by atoms with van der Waals surface area (Å²) in [6, 6.07) is 11.2. The van der Waals surface area contributed by atoms with Crippen molar-refractivity contribution >= 4 is 17.5 Å². The number of benzene rings is 2. The van der Waals surface area contributed by atoms with Crippen LogP contribution in [0.25, 0.3) is 11.3 Å². The monoisotopic (exact) mass is 437 g/mol. The van der Waals surface area contributed by atoms with Crippen LogP contribution in [0, 0.1) is 0 Å². The second-order valence-electron chi connectivity index (χ2n) is 6.69. The molecule has 0 unspecified atom stereocenters. The summed E-state index contributed by atoms with van der Waals surface area (Å²) in [7, 11) is 1.69. The number of rotatable bonds is 6. The second kappa shape index (κ2) is 8.85. The number of hydrogen-bond acceptors (Lipinski definition) is 4. The van der Waals surface area contributed by atoms with Gasteiger partial charge < -0.3 is 11.1 Å². The van der Waals surface area contributed by atoms with E-state index in [1.165, 1.54) is 22.9 Å². The van der Waals surface area contributed by atoms with Crippen molar-refractivity contribution in [1.82, 2.24) is 20.3 Å². The van der Waals surface area contributed by atoms with Crippen LogP contribution in [-0.2, 0) is 19.6 Å². The minimum absolute atomic E-state index is 0.00763. The highest BCUT2D eigenvalue weighted by molar-refractivity contribution is 6.31. The Morgan fingerprint density at radius 2 is 1.87 bits per heavy atom. The number of nitrogens with two attached hydrogens (primary N) is 1. The topological polar surface area (TPSA) is 85.8 Å². The van der Waals surface area contributed by atoms with E-state index in [4.69, 9.17) is 17.3 Å². The summed E-state index contributed by atoms with van der Waals surface area (Å²) in [6.07, 6.45) is -4.51. The molecule has 0 radical (unpaired) electrons. The normalized spacial score (nSPS) is 12.6. The smallest absolute Gasteiger partial charge is 0.348 e. The summed E-state index contributed by atoms with van der Waals surface area (Å²) in [6.45, 7) is -0.00763. The number of hydrogen-bond donors (Lipinski definition) is 2. The quantitative estimate of drug-likeness (QED) is 0.618. The van der Waals surface area contributed by atoms with E-state index in [1.54, 1.807) is 31.3 Å². The number of nitrogens with zero attached hydrogens (tertiary/aromatic N) is 3. The number of carbonyl (C=O) groups is 1. The summed E-state index contributed by atoms with van der Waals surface area (Å²) in [5.74, 6) is -0.435. The zero-order chi connectivity index (χ0) is 21.9. The maximum absolute atomic E-state index is 13.2. The van der Waals surface area contributed by atoms with Crippen molar-refractivity contribution in [2.75, 3.05) is 6.54 Å². The lowest BCUT2D eigenvalue weighted by atomic mass is 9.99. The van der Waals surface area contributed by atoms with Crippen LogP contribution in [0.3, 0.4) is 0 Å². The number of amides is 1. The average molecular weight is 438 g/mol. The molecule has 30 heavy (non-hydrogen) atoms. The largest absolute Gasteiger partial charge is 0.416 e. The highest BCUT2D eigenvalue weighted by atomic mass is 35.5. The van der Waals surface area contributed by atoms with E-state index in [-0.39, 0.29) is 23.7 Å². The predicted octanol–water partition coefficient (Wildman–Crippen LogP) is 3.45. The van der Waals surface area contributed by atoms with Gasteiger partial charge in [-0.05, 0) is 30.2 Å². The molecule has 2 aromatic carbocycles. The molecule has 0 aliphatic rings. The first-order chi connectivity index (χ1) is 14.2. The summed E-state index contributed by atoms with van der Waals surface area (Å²) in [4.78, 5) is 12.6. The lowest BCUT2D eigenvalue weighted by Gasteiger charge is -2.20. The fourth-order valence-electron chi connectivity index (χ4n) is 3.12. The molecular formula is C20H19ClF3N5O. The van der Waals surface area contributed by atoms with E-state index in [0.717, 1.165) is 11.6 Å². The van der Waals surface area contributed by atoms with E-state index in [9.17, 15) is 18.0 Å². The van der Waals surface area contributed by atoms with Gasteiger partial charge in [0.25, 0.3) is 5.91 Å². The first-order valence-electron chi connectivity index (χ1n) is 9.02. The van der Waals surface area contributed by atoms with Gasteiger partial charge in [-0.3, -0.25) is 4.79 Å². The fourth-order valence-corrected chi connectivity index (χ4v) is 3.38. The van der Waals surface area contributed by atoms with Crippen molar-refractivity contribution in [3.63, 3.8) is 0 Å². The molecule has 1 atom stereocenters. The van der Waals surface area contributed by atoms with Crippen molar-refractivity contribution < 1.29 is 18.0 Å². The zero-order valence-corrected chi connectivity index (χ0v) is 16.7. The molecule has 158 valence electrons. The molecule has 0 spiro atoms. The molecule has 10 heteroatoms. The maximum Gasteiger partial charge on any atom is 0.416 e. The summed E-state index contributed by atoms with van der Waals surface area (Å²) in [5.41, 5.74) is 6.71. The minimum Gasteiger partial charge on any atom is -0.348 e. The highest BCUT2D eigenvalue weighted by Crippen LogP contribution is 2.32. The Labute approximate surface area is 175 Å². The van der Waals surface area contributed by atoms with Gasteiger partial charge in [-0.2, -0.15) is 13.2 Å². The van der Waals surface area contributed by atoms with Crippen LogP contribution in [0.15, 0.2) is 48.5 Å². The number of carbonyl (C=O) groups excluding carboxylic acids is 1. The summed E-state index contributed by atoms with van der Waals surface area (Å²) in [5, 5.41) is 10.5. The number of aryl methyl sites for hydroxylation is 1. The van der Waals surface area contributed by atoms with E-state index >= 15 is 0 Å². The van der Waals surface area contributed by atoms with E-state index in [0.29, 0.717) is 11.3 Å². The van der Waals surface area contributed by atoms with Gasteiger partial charge in [-0.25, -0.2) is 4.68 Å². The third kappa shape index (κ3) is 4.80. The third-order valence-corrected chi connectivity index (χ3v) is 4.87. The van der Waals surface area contributed by atoms with Gasteiger partial charge in [0.05, 0.1) is 5.56 Å². The van der Waals surface area contributed by atoms with Gasteiger partial charge >= 0.3 is 6.18 Å². The van der Waals surface area contributed by atoms with E-state index in [2.05, 4.69) is 15.6 Å². The molecule has 0 saturated carbocycles. The van der Waals surface area contributed by atoms with Crippen molar-refractivity contribution in [2.45, 2.75) is 18.6 Å². The summed E-state index contributed by atoms with van der Waals surface area (Å²) < 4.78 is 41.1. The SMILES string of the molecule is Cn1nnc(Cl)c1-c1ccc(C(=O)N[C@H](CN)Cc2ccccc2C(F)(F)F)cc1. The van der Waals surface area contributed by atoms with Gasteiger partial charge in [0.1, 0.15) is 5.69 Å². The molecule has 0 bridgehead atoms. The van der Waals surface area contributed by atoms with Gasteiger partial charge in [0.15, 0.2) is 5.15 Å². The van der Waals surface area contributed by atoms with E-state index < -0.39 is 23.7 Å². The first-order valence-corrected chi connectivity index (χ1v) is 9.40. The molecule has 1 heterocycles. The van der Waals surface area contributed by atoms with Crippen molar-refractivity contribution in [2.24, 2.45) is 12.8 Å². The molecular weight excluding hydrogens is 419 g/mol. The zero-order valence-electron chi connectivity index (χ0n) is 15.9. The highest BCUT2D eigenvalue weighted by Gasteiger charge is 2.33. The Balaban J connectivity index is 1.73. The van der Waals surface area contributed by atoms with Gasteiger partial charge in [0.2, 0.25) is 0 Å². The fraction of sp³-hybridized carbons (Fsp3) is 0.250. The Hall–Kier alpha value is -2.91. The standard InChI is InChI=1S/C20H19ClF3N5O/c1-29-17(18(21)27-28-29)12-6-8-13(9-7-12)19(30)26-15(11-25)10-14-4-2-3-5-16(14)20(22,23)24/h2-9,15H,10-11,25H2,1H3,(H,26,30)/t15-/m0/s1. The predicted molar refractivity (Wildman–Crippen MR) is 107 cm³/mol. The second-order valence-corrected chi connectivity index (χ2v) is 7.05. The Kier molecular flexibility index (Phi) is 6.42. The number of halogens is 4. The molecule has 3 rings (SSSR count). The van der Waals surface area contributed by atoms with Crippen molar-refractivity contribution in [3.05, 3.63) is 70.4 Å². The molecule has 1 aromatic heterocycles. The summed E-state index contributed by atoms with van der Waals surface area (Å²) >= 11 is 6.02. The lowest BCUT2D eigenvalue weighted by Crippen LogP contribution is -2.42. The lowest BCUT2D eigenvalue weighted by molar-refractivity contribution is -0.138. The van der Waals surface area contributed by atoms with E-state index in [1.807, 2.05) is 0 Å². The van der Waals surface area contributed by atoms with Crippen molar-refractivity contribution in [3.8, 4) is 11.3 Å². The van der Waals surface area contributed by atoms with Gasteiger partial charge in [-0.15, -0.1) is 5.10 Å². The number of aromatic nitrogens is 3. The molecule has 0 aliphatic heterocycles.